The standard InChI is InChI=1S/C8H10N2O6/c11-2-1-9-5(12)3-6(13)10(8(9)16)4-7(14)15/h3,11,13H,1-2,4H2,(H,14,15). The van der Waals surface area contributed by atoms with Crippen molar-refractivity contribution in [3.05, 3.63) is 26.9 Å². The third kappa shape index (κ3) is 2.28. The van der Waals surface area contributed by atoms with Gasteiger partial charge in [0.1, 0.15) is 6.54 Å². The van der Waals surface area contributed by atoms with Crippen molar-refractivity contribution in [2.24, 2.45) is 0 Å². The Morgan fingerprint density at radius 1 is 1.31 bits per heavy atom. The predicted molar refractivity (Wildman–Crippen MR) is 51.3 cm³/mol. The first-order chi connectivity index (χ1) is 7.47. The minimum Gasteiger partial charge on any atom is -0.494 e. The van der Waals surface area contributed by atoms with Gasteiger partial charge in [-0.05, 0) is 0 Å². The van der Waals surface area contributed by atoms with Gasteiger partial charge >= 0.3 is 11.7 Å². The van der Waals surface area contributed by atoms with E-state index in [4.69, 9.17) is 10.2 Å². The first-order valence-electron chi connectivity index (χ1n) is 4.33. The fraction of sp³-hybridized carbons (Fsp3) is 0.375. The van der Waals surface area contributed by atoms with Crippen LogP contribution in [-0.4, -0.2) is 37.0 Å². The number of carboxylic acids is 1. The number of aliphatic hydroxyl groups excluding tert-OH is 1. The van der Waals surface area contributed by atoms with E-state index in [1.807, 2.05) is 0 Å². The number of aliphatic carboxylic acids is 1. The minimum atomic E-state index is -1.33. The molecule has 0 bridgehead atoms. The van der Waals surface area contributed by atoms with Gasteiger partial charge in [0, 0.05) is 0 Å². The van der Waals surface area contributed by atoms with E-state index in [0.717, 1.165) is 6.07 Å². The second-order valence-electron chi connectivity index (χ2n) is 2.98. The Hall–Kier alpha value is -2.09. The van der Waals surface area contributed by atoms with Crippen LogP contribution in [0.4, 0.5) is 0 Å². The van der Waals surface area contributed by atoms with Crippen molar-refractivity contribution in [1.29, 1.82) is 0 Å². The number of hydrogen-bond donors (Lipinski definition) is 3. The summed E-state index contributed by atoms with van der Waals surface area (Å²) in [6.45, 7) is -1.44. The SMILES string of the molecule is O=C(O)Cn1c(O)cc(=O)n(CCO)c1=O. The van der Waals surface area contributed by atoms with Crippen LogP contribution in [0.2, 0.25) is 0 Å². The highest BCUT2D eigenvalue weighted by atomic mass is 16.4. The average Bonchev–Trinajstić information content (AvgIpc) is 2.19. The first kappa shape index (κ1) is 12.0. The predicted octanol–water partition coefficient (Wildman–Crippen LogP) is -2.21. The lowest BCUT2D eigenvalue weighted by Gasteiger charge is -2.08. The monoisotopic (exact) mass is 230 g/mol. The Labute approximate surface area is 88.6 Å². The van der Waals surface area contributed by atoms with E-state index in [9.17, 15) is 19.5 Å². The van der Waals surface area contributed by atoms with E-state index in [2.05, 4.69) is 0 Å². The summed E-state index contributed by atoms with van der Waals surface area (Å²) in [5.41, 5.74) is -1.76. The van der Waals surface area contributed by atoms with Crippen molar-refractivity contribution in [1.82, 2.24) is 9.13 Å². The van der Waals surface area contributed by atoms with E-state index < -0.39 is 36.2 Å². The first-order valence-corrected chi connectivity index (χ1v) is 4.33. The maximum absolute atomic E-state index is 11.5. The number of carbonyl (C=O) groups is 1. The Balaban J connectivity index is 3.39. The van der Waals surface area contributed by atoms with Crippen LogP contribution in [-0.2, 0) is 17.9 Å². The number of aromatic nitrogens is 2. The second-order valence-corrected chi connectivity index (χ2v) is 2.98. The quantitative estimate of drug-likeness (QED) is 0.539. The lowest BCUT2D eigenvalue weighted by Crippen LogP contribution is -2.40. The van der Waals surface area contributed by atoms with E-state index in [1.54, 1.807) is 0 Å². The van der Waals surface area contributed by atoms with Gasteiger partial charge in [-0.1, -0.05) is 0 Å². The van der Waals surface area contributed by atoms with Gasteiger partial charge in [-0.25, -0.2) is 4.79 Å². The van der Waals surface area contributed by atoms with Crippen LogP contribution in [0.1, 0.15) is 0 Å². The third-order valence-electron chi connectivity index (χ3n) is 1.87. The molecule has 0 aromatic carbocycles. The Morgan fingerprint density at radius 3 is 2.44 bits per heavy atom. The molecular formula is C8H10N2O6. The highest BCUT2D eigenvalue weighted by molar-refractivity contribution is 5.66. The molecule has 1 rings (SSSR count). The molecule has 0 aliphatic carbocycles. The molecule has 0 saturated carbocycles. The summed E-state index contributed by atoms with van der Waals surface area (Å²) < 4.78 is 1.17. The molecule has 1 heterocycles. The van der Waals surface area contributed by atoms with Crippen molar-refractivity contribution in [3.63, 3.8) is 0 Å². The number of hydrogen-bond acceptors (Lipinski definition) is 5. The maximum atomic E-state index is 11.5. The van der Waals surface area contributed by atoms with Crippen molar-refractivity contribution in [2.45, 2.75) is 13.1 Å². The molecule has 0 amide bonds. The van der Waals surface area contributed by atoms with Gasteiger partial charge in [0.2, 0.25) is 5.88 Å². The molecule has 0 radical (unpaired) electrons. The van der Waals surface area contributed by atoms with E-state index >= 15 is 0 Å². The number of aromatic hydroxyl groups is 1. The molecule has 0 atom stereocenters. The Kier molecular flexibility index (Phi) is 3.46. The normalized spacial score (nSPS) is 10.3. The van der Waals surface area contributed by atoms with Crippen molar-refractivity contribution in [3.8, 4) is 5.88 Å². The van der Waals surface area contributed by atoms with Crippen LogP contribution in [0, 0.1) is 0 Å². The summed E-state index contributed by atoms with van der Waals surface area (Å²) in [7, 11) is 0. The molecule has 0 fully saturated rings. The topological polar surface area (TPSA) is 122 Å². The van der Waals surface area contributed by atoms with Crippen LogP contribution >= 0.6 is 0 Å². The van der Waals surface area contributed by atoms with Crippen molar-refractivity contribution >= 4 is 5.97 Å². The largest absolute Gasteiger partial charge is 0.494 e. The zero-order valence-electron chi connectivity index (χ0n) is 8.16. The molecule has 0 aliphatic heterocycles. The van der Waals surface area contributed by atoms with Crippen LogP contribution < -0.4 is 11.2 Å². The molecule has 0 unspecified atom stereocenters. The van der Waals surface area contributed by atoms with Crippen LogP contribution in [0.5, 0.6) is 5.88 Å². The maximum Gasteiger partial charge on any atom is 0.334 e. The molecule has 16 heavy (non-hydrogen) atoms. The summed E-state index contributed by atoms with van der Waals surface area (Å²) in [5, 5.41) is 26.4. The second kappa shape index (κ2) is 4.62. The van der Waals surface area contributed by atoms with Gasteiger partial charge in [0.25, 0.3) is 5.56 Å². The lowest BCUT2D eigenvalue weighted by molar-refractivity contribution is -0.137. The van der Waals surface area contributed by atoms with Gasteiger partial charge in [-0.2, -0.15) is 0 Å². The molecule has 8 nitrogen and oxygen atoms in total. The van der Waals surface area contributed by atoms with Crippen LogP contribution in [0.25, 0.3) is 0 Å². The van der Waals surface area contributed by atoms with Crippen LogP contribution in [0.3, 0.4) is 0 Å². The molecule has 88 valence electrons. The highest BCUT2D eigenvalue weighted by Gasteiger charge is 2.12. The zero-order chi connectivity index (χ0) is 12.3. The van der Waals surface area contributed by atoms with Gasteiger partial charge < -0.3 is 15.3 Å². The van der Waals surface area contributed by atoms with Crippen LogP contribution in [0.15, 0.2) is 15.7 Å². The molecule has 0 spiro atoms. The zero-order valence-corrected chi connectivity index (χ0v) is 8.16. The Bertz CT molecular complexity index is 514. The molecule has 3 N–H and O–H groups in total. The van der Waals surface area contributed by atoms with Gasteiger partial charge in [-0.15, -0.1) is 0 Å². The molecule has 1 aromatic rings. The summed E-state index contributed by atoms with van der Waals surface area (Å²) in [5.74, 6) is -2.04. The Morgan fingerprint density at radius 2 is 1.94 bits per heavy atom. The number of nitrogens with zero attached hydrogens (tertiary/aromatic N) is 2. The molecular weight excluding hydrogens is 220 g/mol. The number of aliphatic hydroxyl groups is 1. The van der Waals surface area contributed by atoms with Crippen molar-refractivity contribution in [2.75, 3.05) is 6.61 Å². The summed E-state index contributed by atoms with van der Waals surface area (Å²) in [6, 6.07) is 0.722. The van der Waals surface area contributed by atoms with Gasteiger partial charge in [-0.3, -0.25) is 18.7 Å². The summed E-state index contributed by atoms with van der Waals surface area (Å²) >= 11 is 0. The summed E-state index contributed by atoms with van der Waals surface area (Å²) in [4.78, 5) is 33.2. The molecule has 1 aromatic heterocycles. The van der Waals surface area contributed by atoms with Crippen molar-refractivity contribution < 1.29 is 20.1 Å². The average molecular weight is 230 g/mol. The van der Waals surface area contributed by atoms with E-state index in [1.165, 1.54) is 0 Å². The van der Waals surface area contributed by atoms with Gasteiger partial charge in [0.05, 0.1) is 19.2 Å². The minimum absolute atomic E-state index is 0.252. The molecule has 0 aliphatic rings. The summed E-state index contributed by atoms with van der Waals surface area (Å²) in [6.07, 6.45) is 0. The van der Waals surface area contributed by atoms with E-state index in [-0.39, 0.29) is 6.54 Å². The number of rotatable bonds is 4. The third-order valence-corrected chi connectivity index (χ3v) is 1.87. The fourth-order valence-corrected chi connectivity index (χ4v) is 1.19. The fourth-order valence-electron chi connectivity index (χ4n) is 1.19. The van der Waals surface area contributed by atoms with Gasteiger partial charge in [0.15, 0.2) is 0 Å². The van der Waals surface area contributed by atoms with E-state index in [0.29, 0.717) is 9.13 Å². The molecule has 8 heteroatoms. The smallest absolute Gasteiger partial charge is 0.334 e. The highest BCUT2D eigenvalue weighted by Crippen LogP contribution is 2.00. The molecule has 0 saturated heterocycles. The lowest BCUT2D eigenvalue weighted by atomic mass is 10.5. The number of carboxylic acid groups (broad SMARTS) is 1.